The summed E-state index contributed by atoms with van der Waals surface area (Å²) in [5.74, 6) is 1.08. The van der Waals surface area contributed by atoms with Gasteiger partial charge in [0.05, 0.1) is 5.69 Å². The molecule has 2 rings (SSSR count). The normalized spacial score (nSPS) is 19.7. The maximum absolute atomic E-state index is 9.07. The van der Waals surface area contributed by atoms with Gasteiger partial charge in [0.2, 0.25) is 0 Å². The lowest BCUT2D eigenvalue weighted by Crippen LogP contribution is -2.38. The summed E-state index contributed by atoms with van der Waals surface area (Å²) in [7, 11) is 2.15. The first kappa shape index (κ1) is 11.8. The lowest BCUT2D eigenvalue weighted by atomic mass is 10.1. The Morgan fingerprint density at radius 1 is 1.50 bits per heavy atom. The maximum atomic E-state index is 9.07. The number of hydrogen-bond donors (Lipinski definition) is 1. The molecule has 0 aliphatic carbocycles. The van der Waals surface area contributed by atoms with Crippen LogP contribution in [-0.4, -0.2) is 30.6 Å². The molecule has 1 aliphatic rings. The summed E-state index contributed by atoms with van der Waals surface area (Å²) in [4.78, 5) is 3.73. The van der Waals surface area contributed by atoms with Crippen molar-refractivity contribution in [3.05, 3.63) is 23.8 Å². The van der Waals surface area contributed by atoms with Crippen molar-refractivity contribution < 1.29 is 5.11 Å². The quantitative estimate of drug-likeness (QED) is 0.874. The molecular formula is C13H19NOS. The minimum atomic E-state index is 0.277. The molecule has 0 bridgehead atoms. The van der Waals surface area contributed by atoms with Gasteiger partial charge in [0, 0.05) is 30.3 Å². The molecule has 0 saturated heterocycles. The molecular weight excluding hydrogens is 218 g/mol. The van der Waals surface area contributed by atoms with Crippen LogP contribution < -0.4 is 4.90 Å². The molecule has 88 valence electrons. The number of para-hydroxylation sites is 1. The fraction of sp³-hybridized carbons (Fsp3) is 0.538. The second-order valence-corrected chi connectivity index (χ2v) is 5.27. The van der Waals surface area contributed by atoms with Crippen molar-refractivity contribution in [2.75, 3.05) is 24.3 Å². The Balaban J connectivity index is 2.34. The molecule has 1 aliphatic heterocycles. The van der Waals surface area contributed by atoms with Crippen molar-refractivity contribution in [2.45, 2.75) is 30.7 Å². The molecule has 0 saturated carbocycles. The number of nitrogens with zero attached hydrogens (tertiary/aromatic N) is 1. The van der Waals surface area contributed by atoms with E-state index in [1.54, 1.807) is 0 Å². The third kappa shape index (κ3) is 2.06. The first-order chi connectivity index (χ1) is 7.77. The standard InChI is InChI=1S/C13H19NOS/c1-3-10-5-4-6-12-13(10)14(2)11(7-8-15)9-16-12/h4-6,11,15H,3,7-9H2,1-2H3. The third-order valence-corrected chi connectivity index (χ3v) is 4.45. The maximum Gasteiger partial charge on any atom is 0.0537 e. The van der Waals surface area contributed by atoms with Crippen LogP contribution in [0.2, 0.25) is 0 Å². The molecule has 2 nitrogen and oxygen atoms in total. The van der Waals surface area contributed by atoms with E-state index in [9.17, 15) is 0 Å². The van der Waals surface area contributed by atoms with E-state index in [-0.39, 0.29) is 6.61 Å². The van der Waals surface area contributed by atoms with E-state index in [0.29, 0.717) is 6.04 Å². The van der Waals surface area contributed by atoms with Crippen LogP contribution in [0, 0.1) is 0 Å². The minimum Gasteiger partial charge on any atom is -0.396 e. The fourth-order valence-corrected chi connectivity index (χ4v) is 3.63. The van der Waals surface area contributed by atoms with Gasteiger partial charge in [-0.2, -0.15) is 0 Å². The highest BCUT2D eigenvalue weighted by atomic mass is 32.2. The molecule has 0 amide bonds. The highest BCUT2D eigenvalue weighted by molar-refractivity contribution is 7.99. The molecule has 0 radical (unpaired) electrons. The van der Waals surface area contributed by atoms with Crippen LogP contribution in [0.5, 0.6) is 0 Å². The summed E-state index contributed by atoms with van der Waals surface area (Å²) in [5.41, 5.74) is 2.79. The van der Waals surface area contributed by atoms with Crippen LogP contribution in [0.3, 0.4) is 0 Å². The molecule has 0 spiro atoms. The summed E-state index contributed by atoms with van der Waals surface area (Å²) < 4.78 is 0. The van der Waals surface area contributed by atoms with Crippen LogP contribution in [0.4, 0.5) is 5.69 Å². The van der Waals surface area contributed by atoms with E-state index in [4.69, 9.17) is 5.11 Å². The van der Waals surface area contributed by atoms with Gasteiger partial charge in [-0.15, -0.1) is 11.8 Å². The number of aliphatic hydroxyl groups is 1. The van der Waals surface area contributed by atoms with E-state index < -0.39 is 0 Å². The summed E-state index contributed by atoms with van der Waals surface area (Å²) in [6.45, 7) is 2.48. The molecule has 1 aromatic carbocycles. The number of rotatable bonds is 3. The molecule has 1 heterocycles. The molecule has 1 unspecified atom stereocenters. The Kier molecular flexibility index (Phi) is 3.77. The first-order valence-electron chi connectivity index (χ1n) is 5.86. The Bertz CT molecular complexity index is 353. The summed E-state index contributed by atoms with van der Waals surface area (Å²) in [6, 6.07) is 7.02. The van der Waals surface area contributed by atoms with E-state index in [1.165, 1.54) is 16.1 Å². The monoisotopic (exact) mass is 237 g/mol. The third-order valence-electron chi connectivity index (χ3n) is 3.26. The lowest BCUT2D eigenvalue weighted by molar-refractivity contribution is 0.277. The minimum absolute atomic E-state index is 0.277. The van der Waals surface area contributed by atoms with Gasteiger partial charge in [0.25, 0.3) is 0 Å². The number of hydrogen-bond acceptors (Lipinski definition) is 3. The topological polar surface area (TPSA) is 23.5 Å². The zero-order chi connectivity index (χ0) is 11.5. The van der Waals surface area contributed by atoms with Crippen molar-refractivity contribution >= 4 is 17.4 Å². The number of thioether (sulfide) groups is 1. The average Bonchev–Trinajstić information content (AvgIpc) is 2.32. The molecule has 0 aromatic heterocycles. The van der Waals surface area contributed by atoms with Crippen LogP contribution in [-0.2, 0) is 6.42 Å². The van der Waals surface area contributed by atoms with Crippen LogP contribution >= 0.6 is 11.8 Å². The number of anilines is 1. The average molecular weight is 237 g/mol. The summed E-state index contributed by atoms with van der Waals surface area (Å²) in [6.07, 6.45) is 1.93. The molecule has 1 atom stereocenters. The number of aryl methyl sites for hydroxylation is 1. The van der Waals surface area contributed by atoms with Gasteiger partial charge in [-0.1, -0.05) is 19.1 Å². The Hall–Kier alpha value is -0.670. The predicted octanol–water partition coefficient (Wildman–Crippen LogP) is 2.54. The van der Waals surface area contributed by atoms with Crippen molar-refractivity contribution in [3.8, 4) is 0 Å². The fourth-order valence-electron chi connectivity index (χ4n) is 2.28. The molecule has 0 fully saturated rings. The Morgan fingerprint density at radius 3 is 3.00 bits per heavy atom. The highest BCUT2D eigenvalue weighted by Gasteiger charge is 2.24. The van der Waals surface area contributed by atoms with Gasteiger partial charge in [0.1, 0.15) is 0 Å². The first-order valence-corrected chi connectivity index (χ1v) is 6.84. The van der Waals surface area contributed by atoms with E-state index in [1.807, 2.05) is 11.8 Å². The second-order valence-electron chi connectivity index (χ2n) is 4.21. The van der Waals surface area contributed by atoms with Gasteiger partial charge in [-0.05, 0) is 24.5 Å². The second kappa shape index (κ2) is 5.11. The van der Waals surface area contributed by atoms with Gasteiger partial charge >= 0.3 is 0 Å². The number of benzene rings is 1. The number of aliphatic hydroxyl groups excluding tert-OH is 1. The Labute approximate surface area is 102 Å². The van der Waals surface area contributed by atoms with Crippen molar-refractivity contribution in [1.29, 1.82) is 0 Å². The van der Waals surface area contributed by atoms with Gasteiger partial charge in [-0.3, -0.25) is 0 Å². The van der Waals surface area contributed by atoms with E-state index in [0.717, 1.165) is 18.6 Å². The van der Waals surface area contributed by atoms with Gasteiger partial charge < -0.3 is 10.0 Å². The zero-order valence-corrected chi connectivity index (χ0v) is 10.8. The highest BCUT2D eigenvalue weighted by Crippen LogP contribution is 2.39. The molecule has 3 heteroatoms. The summed E-state index contributed by atoms with van der Waals surface area (Å²) >= 11 is 1.92. The number of fused-ring (bicyclic) bond motifs is 1. The van der Waals surface area contributed by atoms with Crippen LogP contribution in [0.1, 0.15) is 18.9 Å². The van der Waals surface area contributed by atoms with Crippen molar-refractivity contribution in [2.24, 2.45) is 0 Å². The zero-order valence-electron chi connectivity index (χ0n) is 9.94. The smallest absolute Gasteiger partial charge is 0.0537 e. The Morgan fingerprint density at radius 2 is 2.31 bits per heavy atom. The molecule has 1 aromatic rings. The largest absolute Gasteiger partial charge is 0.396 e. The van der Waals surface area contributed by atoms with Crippen LogP contribution in [0.25, 0.3) is 0 Å². The van der Waals surface area contributed by atoms with E-state index in [2.05, 4.69) is 37.1 Å². The van der Waals surface area contributed by atoms with Crippen LogP contribution in [0.15, 0.2) is 23.1 Å². The van der Waals surface area contributed by atoms with Gasteiger partial charge in [-0.25, -0.2) is 0 Å². The van der Waals surface area contributed by atoms with Crippen molar-refractivity contribution in [1.82, 2.24) is 0 Å². The van der Waals surface area contributed by atoms with Gasteiger partial charge in [0.15, 0.2) is 0 Å². The molecule has 16 heavy (non-hydrogen) atoms. The molecule has 1 N–H and O–H groups in total. The summed E-state index contributed by atoms with van der Waals surface area (Å²) in [5, 5.41) is 9.07. The van der Waals surface area contributed by atoms with E-state index >= 15 is 0 Å². The van der Waals surface area contributed by atoms with Crippen molar-refractivity contribution in [3.63, 3.8) is 0 Å². The SMILES string of the molecule is CCc1cccc2c1N(C)C(CCO)CS2. The lowest BCUT2D eigenvalue weighted by Gasteiger charge is -2.36. The predicted molar refractivity (Wildman–Crippen MR) is 70.4 cm³/mol.